The second-order valence-corrected chi connectivity index (χ2v) is 5.89. The average Bonchev–Trinajstić information content (AvgIpc) is 3.06. The van der Waals surface area contributed by atoms with Gasteiger partial charge in [0.15, 0.2) is 0 Å². The summed E-state index contributed by atoms with van der Waals surface area (Å²) in [6.07, 6.45) is 0. The van der Waals surface area contributed by atoms with Crippen LogP contribution in [0.25, 0.3) is 10.6 Å². The fourth-order valence-electron chi connectivity index (χ4n) is 2.30. The number of thiazole rings is 1. The molecule has 4 heteroatoms. The molecule has 1 heterocycles. The van der Waals surface area contributed by atoms with Crippen LogP contribution in [0.5, 0.6) is 0 Å². The van der Waals surface area contributed by atoms with Gasteiger partial charge in [-0.1, -0.05) is 60.7 Å². The van der Waals surface area contributed by atoms with Gasteiger partial charge in [0.2, 0.25) is 0 Å². The number of aliphatic hydroxyl groups is 1. The lowest BCUT2D eigenvalue weighted by Gasteiger charge is -2.15. The Morgan fingerprint density at radius 2 is 1.68 bits per heavy atom. The van der Waals surface area contributed by atoms with E-state index in [1.807, 2.05) is 48.5 Å². The molecule has 0 fully saturated rings. The van der Waals surface area contributed by atoms with E-state index < -0.39 is 0 Å². The van der Waals surface area contributed by atoms with Gasteiger partial charge in [-0.25, -0.2) is 4.98 Å². The van der Waals surface area contributed by atoms with E-state index in [9.17, 15) is 5.11 Å². The summed E-state index contributed by atoms with van der Waals surface area (Å²) in [7, 11) is 0. The molecule has 1 aromatic heterocycles. The number of hydrogen-bond acceptors (Lipinski definition) is 4. The SMILES string of the molecule is OCC(NCc1csc(-c2ccccc2)n1)c1ccccc1. The highest BCUT2D eigenvalue weighted by Gasteiger charge is 2.10. The maximum Gasteiger partial charge on any atom is 0.123 e. The first-order valence-electron chi connectivity index (χ1n) is 7.26. The molecule has 3 rings (SSSR count). The lowest BCUT2D eigenvalue weighted by atomic mass is 10.1. The lowest BCUT2D eigenvalue weighted by molar-refractivity contribution is 0.243. The van der Waals surface area contributed by atoms with Crippen molar-refractivity contribution in [3.05, 3.63) is 77.3 Å². The molecule has 0 bridgehead atoms. The van der Waals surface area contributed by atoms with Crippen LogP contribution in [-0.2, 0) is 6.54 Å². The van der Waals surface area contributed by atoms with Crippen molar-refractivity contribution in [2.45, 2.75) is 12.6 Å². The van der Waals surface area contributed by atoms with E-state index in [-0.39, 0.29) is 12.6 Å². The largest absolute Gasteiger partial charge is 0.394 e. The van der Waals surface area contributed by atoms with E-state index in [2.05, 4.69) is 27.8 Å². The van der Waals surface area contributed by atoms with Crippen LogP contribution in [0.15, 0.2) is 66.0 Å². The van der Waals surface area contributed by atoms with E-state index >= 15 is 0 Å². The fraction of sp³-hybridized carbons (Fsp3) is 0.167. The first-order chi connectivity index (χ1) is 10.9. The quantitative estimate of drug-likeness (QED) is 0.731. The lowest BCUT2D eigenvalue weighted by Crippen LogP contribution is -2.24. The van der Waals surface area contributed by atoms with Gasteiger partial charge in [-0.2, -0.15) is 0 Å². The van der Waals surface area contributed by atoms with Crippen LogP contribution < -0.4 is 5.32 Å². The molecule has 112 valence electrons. The summed E-state index contributed by atoms with van der Waals surface area (Å²) in [5.41, 5.74) is 3.22. The topological polar surface area (TPSA) is 45.1 Å². The second kappa shape index (κ2) is 7.31. The Morgan fingerprint density at radius 1 is 1.00 bits per heavy atom. The predicted molar refractivity (Wildman–Crippen MR) is 90.7 cm³/mol. The minimum Gasteiger partial charge on any atom is -0.394 e. The molecule has 0 saturated heterocycles. The zero-order valence-electron chi connectivity index (χ0n) is 12.1. The van der Waals surface area contributed by atoms with Crippen LogP contribution in [-0.4, -0.2) is 16.7 Å². The highest BCUT2D eigenvalue weighted by Crippen LogP contribution is 2.23. The third kappa shape index (κ3) is 3.60. The Morgan fingerprint density at radius 3 is 2.36 bits per heavy atom. The maximum absolute atomic E-state index is 9.56. The van der Waals surface area contributed by atoms with E-state index in [1.54, 1.807) is 11.3 Å². The standard InChI is InChI=1S/C18H18N2OS/c21-12-17(14-7-3-1-4-8-14)19-11-16-13-22-18(20-16)15-9-5-2-6-10-15/h1-10,13,17,19,21H,11-12H2. The molecule has 0 saturated carbocycles. The molecule has 0 amide bonds. The van der Waals surface area contributed by atoms with Crippen molar-refractivity contribution in [3.8, 4) is 10.6 Å². The molecular weight excluding hydrogens is 292 g/mol. The van der Waals surface area contributed by atoms with E-state index in [1.165, 1.54) is 0 Å². The number of aliphatic hydroxyl groups excluding tert-OH is 1. The number of aromatic nitrogens is 1. The third-order valence-electron chi connectivity index (χ3n) is 3.49. The monoisotopic (exact) mass is 310 g/mol. The number of nitrogens with one attached hydrogen (secondary N) is 1. The van der Waals surface area contributed by atoms with Gasteiger partial charge < -0.3 is 10.4 Å². The Kier molecular flexibility index (Phi) is 4.96. The minimum atomic E-state index is -0.0666. The van der Waals surface area contributed by atoms with E-state index in [0.29, 0.717) is 6.54 Å². The van der Waals surface area contributed by atoms with Crippen molar-refractivity contribution in [1.82, 2.24) is 10.3 Å². The number of nitrogens with zero attached hydrogens (tertiary/aromatic N) is 1. The van der Waals surface area contributed by atoms with Crippen LogP contribution in [0.2, 0.25) is 0 Å². The molecule has 3 nitrogen and oxygen atoms in total. The summed E-state index contributed by atoms with van der Waals surface area (Å²) in [6, 6.07) is 20.1. The van der Waals surface area contributed by atoms with Crippen molar-refractivity contribution in [2.24, 2.45) is 0 Å². The van der Waals surface area contributed by atoms with E-state index in [4.69, 9.17) is 0 Å². The molecule has 2 N–H and O–H groups in total. The predicted octanol–water partition coefficient (Wildman–Crippen LogP) is 3.63. The first kappa shape index (κ1) is 14.9. The normalized spacial score (nSPS) is 12.2. The molecule has 2 aromatic carbocycles. The molecule has 1 unspecified atom stereocenters. The Bertz CT molecular complexity index is 697. The molecule has 3 aromatic rings. The first-order valence-corrected chi connectivity index (χ1v) is 8.14. The third-order valence-corrected chi connectivity index (χ3v) is 4.43. The van der Waals surface area contributed by atoms with Gasteiger partial charge in [0.1, 0.15) is 5.01 Å². The van der Waals surface area contributed by atoms with E-state index in [0.717, 1.165) is 21.8 Å². The summed E-state index contributed by atoms with van der Waals surface area (Å²) in [5, 5.41) is 16.0. The fourth-order valence-corrected chi connectivity index (χ4v) is 3.13. The van der Waals surface area contributed by atoms with Gasteiger partial charge in [-0.05, 0) is 5.56 Å². The maximum atomic E-state index is 9.56. The molecule has 0 aliphatic rings. The van der Waals surface area contributed by atoms with Gasteiger partial charge in [0, 0.05) is 17.5 Å². The number of hydrogen-bond donors (Lipinski definition) is 2. The summed E-state index contributed by atoms with van der Waals surface area (Å²) < 4.78 is 0. The summed E-state index contributed by atoms with van der Waals surface area (Å²) >= 11 is 1.64. The van der Waals surface area contributed by atoms with Crippen molar-refractivity contribution in [3.63, 3.8) is 0 Å². The van der Waals surface area contributed by atoms with Gasteiger partial charge >= 0.3 is 0 Å². The molecular formula is C18H18N2OS. The highest BCUT2D eigenvalue weighted by atomic mass is 32.1. The highest BCUT2D eigenvalue weighted by molar-refractivity contribution is 7.13. The molecule has 0 aliphatic carbocycles. The van der Waals surface area contributed by atoms with Crippen molar-refractivity contribution < 1.29 is 5.11 Å². The van der Waals surface area contributed by atoms with Crippen molar-refractivity contribution in [2.75, 3.05) is 6.61 Å². The Hall–Kier alpha value is -2.01. The average molecular weight is 310 g/mol. The van der Waals surface area contributed by atoms with Crippen LogP contribution >= 0.6 is 11.3 Å². The Balaban J connectivity index is 1.65. The molecule has 0 radical (unpaired) electrons. The van der Waals surface area contributed by atoms with Gasteiger partial charge in [-0.3, -0.25) is 0 Å². The Labute approximate surface area is 134 Å². The summed E-state index contributed by atoms with van der Waals surface area (Å²) in [4.78, 5) is 4.65. The van der Waals surface area contributed by atoms with Crippen molar-refractivity contribution >= 4 is 11.3 Å². The van der Waals surface area contributed by atoms with Gasteiger partial charge in [0.05, 0.1) is 18.3 Å². The van der Waals surface area contributed by atoms with Gasteiger partial charge in [-0.15, -0.1) is 11.3 Å². The molecule has 0 aliphatic heterocycles. The van der Waals surface area contributed by atoms with Crippen LogP contribution in [0.1, 0.15) is 17.3 Å². The zero-order chi connectivity index (χ0) is 15.2. The molecule has 22 heavy (non-hydrogen) atoms. The van der Waals surface area contributed by atoms with Crippen molar-refractivity contribution in [1.29, 1.82) is 0 Å². The van der Waals surface area contributed by atoms with Crippen LogP contribution in [0, 0.1) is 0 Å². The summed E-state index contributed by atoms with van der Waals surface area (Å²) in [6.45, 7) is 0.711. The number of rotatable bonds is 6. The molecule has 1 atom stereocenters. The van der Waals surface area contributed by atoms with Crippen LogP contribution in [0.3, 0.4) is 0 Å². The smallest absolute Gasteiger partial charge is 0.123 e. The van der Waals surface area contributed by atoms with Gasteiger partial charge in [0.25, 0.3) is 0 Å². The van der Waals surface area contributed by atoms with Crippen LogP contribution in [0.4, 0.5) is 0 Å². The number of benzene rings is 2. The zero-order valence-corrected chi connectivity index (χ0v) is 13.0. The minimum absolute atomic E-state index is 0.0666. The second-order valence-electron chi connectivity index (χ2n) is 5.04. The summed E-state index contributed by atoms with van der Waals surface area (Å²) in [5.74, 6) is 0. The molecule has 0 spiro atoms.